The molecule has 1 fully saturated rings. The standard InChI is InChI=1S/C26H40O7Si/c1-11-19(30-17-18-12-14-20(28-7)15-13-18)16-21(33-34(9,10)25(2,3)4)22-23(24(27)29-8)32-26(5,6)31-22/h1,12-15,19,21-23H,16-17H2,2-10H3/t19-,21-,22-,23-/m0/s1. The number of methoxy groups -OCH3 is 2. The summed E-state index contributed by atoms with van der Waals surface area (Å²) in [6.07, 6.45) is 3.51. The smallest absolute Gasteiger partial charge is 0.337 e. The highest BCUT2D eigenvalue weighted by Gasteiger charge is 2.52. The quantitative estimate of drug-likeness (QED) is 0.267. The molecular formula is C26H40O7Si. The average Bonchev–Trinajstić information content (AvgIpc) is 3.10. The van der Waals surface area contributed by atoms with Crippen molar-refractivity contribution in [2.75, 3.05) is 14.2 Å². The van der Waals surface area contributed by atoms with Crippen LogP contribution in [0.25, 0.3) is 0 Å². The maximum Gasteiger partial charge on any atom is 0.337 e. The van der Waals surface area contributed by atoms with E-state index in [1.165, 1.54) is 7.11 Å². The van der Waals surface area contributed by atoms with Crippen LogP contribution >= 0.6 is 0 Å². The van der Waals surface area contributed by atoms with Crippen LogP contribution in [0.5, 0.6) is 5.75 Å². The molecule has 0 radical (unpaired) electrons. The van der Waals surface area contributed by atoms with Crippen molar-refractivity contribution in [2.45, 2.75) is 96.0 Å². The van der Waals surface area contributed by atoms with E-state index >= 15 is 0 Å². The molecule has 0 spiro atoms. The van der Waals surface area contributed by atoms with Gasteiger partial charge in [0.1, 0.15) is 18.0 Å². The number of terminal acetylenes is 1. The van der Waals surface area contributed by atoms with E-state index in [0.29, 0.717) is 13.0 Å². The second kappa shape index (κ2) is 11.2. The summed E-state index contributed by atoms with van der Waals surface area (Å²) in [4.78, 5) is 12.5. The largest absolute Gasteiger partial charge is 0.497 e. The second-order valence-electron chi connectivity index (χ2n) is 10.5. The van der Waals surface area contributed by atoms with Crippen molar-refractivity contribution >= 4 is 14.3 Å². The van der Waals surface area contributed by atoms with Gasteiger partial charge in [0, 0.05) is 6.42 Å². The van der Waals surface area contributed by atoms with Gasteiger partial charge in [-0.3, -0.25) is 0 Å². The van der Waals surface area contributed by atoms with Crippen molar-refractivity contribution in [3.05, 3.63) is 29.8 Å². The Morgan fingerprint density at radius 2 is 1.79 bits per heavy atom. The fraction of sp³-hybridized carbons (Fsp3) is 0.654. The molecule has 7 nitrogen and oxygen atoms in total. The number of benzene rings is 1. The highest BCUT2D eigenvalue weighted by molar-refractivity contribution is 6.74. The molecule has 0 aliphatic carbocycles. The Morgan fingerprint density at radius 1 is 1.18 bits per heavy atom. The molecule has 0 amide bonds. The molecule has 1 aliphatic heterocycles. The molecule has 4 atom stereocenters. The first-order valence-electron chi connectivity index (χ1n) is 11.5. The lowest BCUT2D eigenvalue weighted by Gasteiger charge is -2.41. The van der Waals surface area contributed by atoms with E-state index in [1.54, 1.807) is 21.0 Å². The van der Waals surface area contributed by atoms with Crippen molar-refractivity contribution in [1.29, 1.82) is 0 Å². The number of esters is 1. The molecule has 190 valence electrons. The van der Waals surface area contributed by atoms with E-state index in [9.17, 15) is 4.79 Å². The SMILES string of the molecule is C#C[C@@H](C[C@H](O[Si](C)(C)C(C)(C)C)[C@@H]1OC(C)(C)O[C@@H]1C(=O)OC)OCc1ccc(OC)cc1. The summed E-state index contributed by atoms with van der Waals surface area (Å²) in [5.41, 5.74) is 0.969. The summed E-state index contributed by atoms with van der Waals surface area (Å²) in [6, 6.07) is 7.61. The van der Waals surface area contributed by atoms with Crippen LogP contribution in [0, 0.1) is 12.3 Å². The van der Waals surface area contributed by atoms with Gasteiger partial charge in [0.25, 0.3) is 0 Å². The maximum atomic E-state index is 12.5. The van der Waals surface area contributed by atoms with E-state index in [-0.39, 0.29) is 5.04 Å². The van der Waals surface area contributed by atoms with Crippen LogP contribution < -0.4 is 4.74 Å². The van der Waals surface area contributed by atoms with E-state index in [0.717, 1.165) is 11.3 Å². The average molecular weight is 493 g/mol. The van der Waals surface area contributed by atoms with Crippen LogP contribution in [0.1, 0.15) is 46.6 Å². The Kier molecular flexibility index (Phi) is 9.36. The predicted molar refractivity (Wildman–Crippen MR) is 133 cm³/mol. The van der Waals surface area contributed by atoms with Gasteiger partial charge in [-0.15, -0.1) is 6.42 Å². The number of hydrogen-bond donors (Lipinski definition) is 0. The van der Waals surface area contributed by atoms with E-state index in [2.05, 4.69) is 39.8 Å². The number of carbonyl (C=O) groups excluding carboxylic acids is 1. The van der Waals surface area contributed by atoms with Gasteiger partial charge in [0.15, 0.2) is 20.2 Å². The molecule has 8 heteroatoms. The minimum atomic E-state index is -2.26. The molecular weight excluding hydrogens is 452 g/mol. The van der Waals surface area contributed by atoms with Gasteiger partial charge in [-0.25, -0.2) is 4.79 Å². The van der Waals surface area contributed by atoms with Gasteiger partial charge in [-0.1, -0.05) is 38.8 Å². The zero-order chi connectivity index (χ0) is 25.7. The van der Waals surface area contributed by atoms with Crippen LogP contribution in [0.3, 0.4) is 0 Å². The molecule has 1 heterocycles. The van der Waals surface area contributed by atoms with E-state index in [1.807, 2.05) is 24.3 Å². The Balaban J connectivity index is 2.26. The summed E-state index contributed by atoms with van der Waals surface area (Å²) in [5, 5.41) is -0.0589. The lowest BCUT2D eigenvalue weighted by atomic mass is 10.0. The fourth-order valence-corrected chi connectivity index (χ4v) is 4.82. The molecule has 1 aromatic carbocycles. The molecule has 0 N–H and O–H groups in total. The number of ether oxygens (including phenoxy) is 5. The lowest BCUT2D eigenvalue weighted by Crippen LogP contribution is -2.51. The molecule has 34 heavy (non-hydrogen) atoms. The third kappa shape index (κ3) is 7.30. The third-order valence-electron chi connectivity index (χ3n) is 6.42. The highest BCUT2D eigenvalue weighted by atomic mass is 28.4. The highest BCUT2D eigenvalue weighted by Crippen LogP contribution is 2.41. The molecule has 1 saturated heterocycles. The predicted octanol–water partition coefficient (Wildman–Crippen LogP) is 4.69. The zero-order valence-electron chi connectivity index (χ0n) is 22.0. The van der Waals surface area contributed by atoms with Gasteiger partial charge >= 0.3 is 5.97 Å². The normalized spacial score (nSPS) is 22.0. The summed E-state index contributed by atoms with van der Waals surface area (Å²) in [7, 11) is 0.699. The zero-order valence-corrected chi connectivity index (χ0v) is 23.0. The van der Waals surface area contributed by atoms with Crippen molar-refractivity contribution < 1.29 is 32.9 Å². The molecule has 0 aromatic heterocycles. The van der Waals surface area contributed by atoms with Crippen LogP contribution in [-0.2, 0) is 34.8 Å². The summed E-state index contributed by atoms with van der Waals surface area (Å²) < 4.78 is 35.1. The van der Waals surface area contributed by atoms with E-state index < -0.39 is 44.5 Å². The maximum absolute atomic E-state index is 12.5. The Labute approximate surface area is 205 Å². The summed E-state index contributed by atoms with van der Waals surface area (Å²) in [6.45, 7) is 14.6. The topological polar surface area (TPSA) is 72.5 Å². The van der Waals surface area contributed by atoms with Crippen LogP contribution in [0.2, 0.25) is 18.1 Å². The van der Waals surface area contributed by atoms with Crippen molar-refractivity contribution in [1.82, 2.24) is 0 Å². The van der Waals surface area contributed by atoms with Crippen molar-refractivity contribution in [2.24, 2.45) is 0 Å². The molecule has 1 aromatic rings. The van der Waals surface area contributed by atoms with Gasteiger partial charge in [-0.05, 0) is 49.7 Å². The lowest BCUT2D eigenvalue weighted by molar-refractivity contribution is -0.169. The first kappa shape index (κ1) is 28.3. The number of hydrogen-bond acceptors (Lipinski definition) is 7. The number of carbonyl (C=O) groups is 1. The van der Waals surface area contributed by atoms with Crippen molar-refractivity contribution in [3.63, 3.8) is 0 Å². The minimum absolute atomic E-state index is 0.0589. The first-order valence-corrected chi connectivity index (χ1v) is 14.5. The van der Waals surface area contributed by atoms with E-state index in [4.69, 9.17) is 34.5 Å². The van der Waals surface area contributed by atoms with Gasteiger partial charge in [-0.2, -0.15) is 0 Å². The van der Waals surface area contributed by atoms with Crippen molar-refractivity contribution in [3.8, 4) is 18.1 Å². The fourth-order valence-electron chi connectivity index (χ4n) is 3.48. The summed E-state index contributed by atoms with van der Waals surface area (Å²) >= 11 is 0. The van der Waals surface area contributed by atoms with Gasteiger partial charge in [0.2, 0.25) is 0 Å². The molecule has 1 aliphatic rings. The molecule has 0 unspecified atom stereocenters. The molecule has 0 bridgehead atoms. The molecule has 0 saturated carbocycles. The Bertz CT molecular complexity index is 851. The first-order chi connectivity index (χ1) is 15.7. The van der Waals surface area contributed by atoms with Gasteiger partial charge in [0.05, 0.1) is 26.9 Å². The third-order valence-corrected chi connectivity index (χ3v) is 10.9. The monoisotopic (exact) mass is 492 g/mol. The second-order valence-corrected chi connectivity index (χ2v) is 15.3. The Morgan fingerprint density at radius 3 is 2.29 bits per heavy atom. The van der Waals surface area contributed by atoms with Crippen LogP contribution in [0.4, 0.5) is 0 Å². The minimum Gasteiger partial charge on any atom is -0.497 e. The van der Waals surface area contributed by atoms with Crippen LogP contribution in [0.15, 0.2) is 24.3 Å². The van der Waals surface area contributed by atoms with Crippen LogP contribution in [-0.4, -0.2) is 58.7 Å². The number of rotatable bonds is 10. The summed E-state index contributed by atoms with van der Waals surface area (Å²) in [5.74, 6) is 2.03. The Hall–Kier alpha value is -1.89. The van der Waals surface area contributed by atoms with Gasteiger partial charge < -0.3 is 28.1 Å². The molecule has 2 rings (SSSR count).